The number of nitrogens with two attached hydrogens (primary N) is 1. The highest BCUT2D eigenvalue weighted by Crippen LogP contribution is 2.37. The maximum absolute atomic E-state index is 12.7. The summed E-state index contributed by atoms with van der Waals surface area (Å²) < 4.78 is 5.60. The van der Waals surface area contributed by atoms with Gasteiger partial charge < -0.3 is 10.5 Å². The molecular weight excluding hydrogens is 226 g/mol. The normalized spacial score (nSPS) is 15.2. The number of ether oxygens (including phenoxy) is 1. The lowest BCUT2D eigenvalue weighted by Crippen LogP contribution is -2.51. The molecule has 0 atom stereocenters. The van der Waals surface area contributed by atoms with Crippen LogP contribution >= 0.6 is 0 Å². The zero-order chi connectivity index (χ0) is 13.6. The van der Waals surface area contributed by atoms with Crippen LogP contribution in [0.15, 0.2) is 18.2 Å². The Labute approximate surface area is 108 Å². The fourth-order valence-corrected chi connectivity index (χ4v) is 2.02. The van der Waals surface area contributed by atoms with Gasteiger partial charge >= 0.3 is 0 Å². The van der Waals surface area contributed by atoms with Gasteiger partial charge in [-0.3, -0.25) is 4.79 Å². The van der Waals surface area contributed by atoms with Gasteiger partial charge in [-0.2, -0.15) is 0 Å². The summed E-state index contributed by atoms with van der Waals surface area (Å²) in [5.41, 5.74) is 6.70. The lowest BCUT2D eigenvalue weighted by Gasteiger charge is -2.37. The predicted molar refractivity (Wildman–Crippen MR) is 72.0 cm³/mol. The van der Waals surface area contributed by atoms with Crippen LogP contribution in [0.5, 0.6) is 5.75 Å². The van der Waals surface area contributed by atoms with Crippen molar-refractivity contribution in [3.63, 3.8) is 0 Å². The number of para-hydroxylation sites is 1. The SMILES string of the molecule is CC(C)(N)C(C)(C)C(=O)c1cccc2c1OCC2. The average Bonchev–Trinajstić information content (AvgIpc) is 2.73. The molecule has 1 heterocycles. The summed E-state index contributed by atoms with van der Waals surface area (Å²) in [6.45, 7) is 8.21. The van der Waals surface area contributed by atoms with E-state index >= 15 is 0 Å². The minimum absolute atomic E-state index is 0.0498. The first-order chi connectivity index (χ1) is 8.25. The maximum atomic E-state index is 12.7. The van der Waals surface area contributed by atoms with Gasteiger partial charge in [-0.15, -0.1) is 0 Å². The highest BCUT2D eigenvalue weighted by Gasteiger charge is 2.42. The van der Waals surface area contributed by atoms with Gasteiger partial charge in [-0.05, 0) is 25.5 Å². The van der Waals surface area contributed by atoms with E-state index in [-0.39, 0.29) is 5.78 Å². The molecule has 0 radical (unpaired) electrons. The quantitative estimate of drug-likeness (QED) is 0.835. The van der Waals surface area contributed by atoms with E-state index in [1.54, 1.807) is 0 Å². The van der Waals surface area contributed by atoms with Gasteiger partial charge in [0.2, 0.25) is 0 Å². The summed E-state index contributed by atoms with van der Waals surface area (Å²) in [5, 5.41) is 0. The van der Waals surface area contributed by atoms with E-state index in [0.29, 0.717) is 12.2 Å². The van der Waals surface area contributed by atoms with E-state index in [2.05, 4.69) is 0 Å². The van der Waals surface area contributed by atoms with Crippen LogP contribution in [0.3, 0.4) is 0 Å². The van der Waals surface area contributed by atoms with Gasteiger partial charge in [0.05, 0.1) is 12.2 Å². The molecule has 0 spiro atoms. The molecule has 0 amide bonds. The molecule has 3 heteroatoms. The highest BCUT2D eigenvalue weighted by molar-refractivity contribution is 6.03. The van der Waals surface area contributed by atoms with Crippen molar-refractivity contribution in [2.75, 3.05) is 6.61 Å². The van der Waals surface area contributed by atoms with Crippen LogP contribution in [0.4, 0.5) is 0 Å². The Morgan fingerprint density at radius 3 is 2.56 bits per heavy atom. The van der Waals surface area contributed by atoms with E-state index in [0.717, 1.165) is 17.7 Å². The summed E-state index contributed by atoms with van der Waals surface area (Å²) in [7, 11) is 0. The Morgan fingerprint density at radius 1 is 1.28 bits per heavy atom. The number of carbonyl (C=O) groups is 1. The van der Waals surface area contributed by atoms with Crippen LogP contribution in [-0.2, 0) is 6.42 Å². The van der Waals surface area contributed by atoms with Gasteiger partial charge in [0.25, 0.3) is 0 Å². The molecule has 0 aromatic heterocycles. The Kier molecular flexibility index (Phi) is 2.98. The molecule has 0 fully saturated rings. The van der Waals surface area contributed by atoms with Crippen LogP contribution in [-0.4, -0.2) is 17.9 Å². The van der Waals surface area contributed by atoms with Crippen molar-refractivity contribution >= 4 is 5.78 Å². The first-order valence-corrected chi connectivity index (χ1v) is 6.33. The zero-order valence-electron chi connectivity index (χ0n) is 11.5. The van der Waals surface area contributed by atoms with Crippen molar-refractivity contribution in [3.8, 4) is 5.75 Å². The summed E-state index contributed by atoms with van der Waals surface area (Å²) in [6, 6.07) is 5.76. The van der Waals surface area contributed by atoms with Crippen LogP contribution < -0.4 is 10.5 Å². The zero-order valence-corrected chi connectivity index (χ0v) is 11.5. The number of ketones is 1. The molecule has 2 rings (SSSR count). The number of hydrogen-bond acceptors (Lipinski definition) is 3. The Bertz CT molecular complexity index is 484. The Hall–Kier alpha value is -1.35. The molecule has 0 saturated carbocycles. The third-order valence-corrected chi connectivity index (χ3v) is 4.14. The fourth-order valence-electron chi connectivity index (χ4n) is 2.02. The van der Waals surface area contributed by atoms with Crippen LogP contribution in [0, 0.1) is 5.41 Å². The maximum Gasteiger partial charge on any atom is 0.173 e. The molecule has 3 nitrogen and oxygen atoms in total. The van der Waals surface area contributed by atoms with E-state index in [9.17, 15) is 4.79 Å². The van der Waals surface area contributed by atoms with Gasteiger partial charge in [0.15, 0.2) is 5.78 Å². The second kappa shape index (κ2) is 4.09. The first kappa shape index (κ1) is 13.1. The largest absolute Gasteiger partial charge is 0.492 e. The topological polar surface area (TPSA) is 52.3 Å². The Morgan fingerprint density at radius 2 is 1.94 bits per heavy atom. The molecule has 1 aliphatic rings. The molecule has 98 valence electrons. The van der Waals surface area contributed by atoms with Crippen molar-refractivity contribution in [2.24, 2.45) is 11.1 Å². The molecule has 0 saturated heterocycles. The van der Waals surface area contributed by atoms with E-state index < -0.39 is 11.0 Å². The van der Waals surface area contributed by atoms with Gasteiger partial charge in [0.1, 0.15) is 5.75 Å². The molecule has 1 aromatic carbocycles. The van der Waals surface area contributed by atoms with Gasteiger partial charge in [-0.1, -0.05) is 26.0 Å². The summed E-state index contributed by atoms with van der Waals surface area (Å²) in [6.07, 6.45) is 0.878. The number of hydrogen-bond donors (Lipinski definition) is 1. The summed E-state index contributed by atoms with van der Waals surface area (Å²) in [5.74, 6) is 0.800. The van der Waals surface area contributed by atoms with Crippen LogP contribution in [0.2, 0.25) is 0 Å². The monoisotopic (exact) mass is 247 g/mol. The number of rotatable bonds is 3. The molecule has 1 aromatic rings. The molecule has 18 heavy (non-hydrogen) atoms. The van der Waals surface area contributed by atoms with E-state index in [4.69, 9.17) is 10.5 Å². The van der Waals surface area contributed by atoms with Crippen molar-refractivity contribution in [1.29, 1.82) is 0 Å². The highest BCUT2D eigenvalue weighted by atomic mass is 16.5. The molecule has 0 unspecified atom stereocenters. The lowest BCUT2D eigenvalue weighted by molar-refractivity contribution is 0.0731. The second-order valence-corrected chi connectivity index (χ2v) is 6.07. The van der Waals surface area contributed by atoms with E-state index in [1.165, 1.54) is 0 Å². The minimum Gasteiger partial charge on any atom is -0.492 e. The van der Waals surface area contributed by atoms with Crippen molar-refractivity contribution in [2.45, 2.75) is 39.7 Å². The molecule has 1 aliphatic heterocycles. The minimum atomic E-state index is -0.631. The lowest BCUT2D eigenvalue weighted by atomic mass is 9.70. The third-order valence-electron chi connectivity index (χ3n) is 4.14. The first-order valence-electron chi connectivity index (χ1n) is 6.33. The number of Topliss-reactive ketones (excluding diaryl/α,β-unsaturated/α-hetero) is 1. The number of carbonyl (C=O) groups excluding carboxylic acids is 1. The average molecular weight is 247 g/mol. The third kappa shape index (κ3) is 1.93. The fraction of sp³-hybridized carbons (Fsp3) is 0.533. The van der Waals surface area contributed by atoms with Gasteiger partial charge in [-0.25, -0.2) is 0 Å². The Balaban J connectivity index is 2.45. The van der Waals surface area contributed by atoms with Crippen molar-refractivity contribution < 1.29 is 9.53 Å². The van der Waals surface area contributed by atoms with Crippen molar-refractivity contribution in [1.82, 2.24) is 0 Å². The van der Waals surface area contributed by atoms with Crippen LogP contribution in [0.1, 0.15) is 43.6 Å². The van der Waals surface area contributed by atoms with Gasteiger partial charge in [0, 0.05) is 17.4 Å². The summed E-state index contributed by atoms with van der Waals surface area (Å²) in [4.78, 5) is 12.7. The molecule has 0 bridgehead atoms. The predicted octanol–water partition coefficient (Wildman–Crippen LogP) is 2.57. The van der Waals surface area contributed by atoms with E-state index in [1.807, 2.05) is 45.9 Å². The molecule has 2 N–H and O–H groups in total. The standard InChI is InChI=1S/C15H21NO2/c1-14(2,15(3,4)16)13(17)11-7-5-6-10-8-9-18-12(10)11/h5-7H,8-9,16H2,1-4H3. The number of fused-ring (bicyclic) bond motifs is 1. The summed E-state index contributed by atoms with van der Waals surface area (Å²) >= 11 is 0. The second-order valence-electron chi connectivity index (χ2n) is 6.07. The number of benzene rings is 1. The van der Waals surface area contributed by atoms with Crippen molar-refractivity contribution in [3.05, 3.63) is 29.3 Å². The molecule has 0 aliphatic carbocycles. The van der Waals surface area contributed by atoms with Crippen LogP contribution in [0.25, 0.3) is 0 Å². The smallest absolute Gasteiger partial charge is 0.173 e. The molecular formula is C15H21NO2.